The summed E-state index contributed by atoms with van der Waals surface area (Å²) < 4.78 is 11.2. The standard InChI is InChI=1S/C16H20N2O2/c1-11-6-13(9-18-8-11)10-20-15-5-4-14(12(2)17)7-16(15)19-3/h4-9,12H,10,17H2,1-3H3/t12-/m1/s1. The summed E-state index contributed by atoms with van der Waals surface area (Å²) in [6.07, 6.45) is 3.62. The zero-order chi connectivity index (χ0) is 14.5. The van der Waals surface area contributed by atoms with Crippen molar-refractivity contribution in [3.8, 4) is 11.5 Å². The van der Waals surface area contributed by atoms with Crippen LogP contribution in [0.25, 0.3) is 0 Å². The Morgan fingerprint density at radius 1 is 1.20 bits per heavy atom. The van der Waals surface area contributed by atoms with E-state index in [1.54, 1.807) is 13.3 Å². The highest BCUT2D eigenvalue weighted by molar-refractivity contribution is 5.43. The molecular formula is C16H20N2O2. The van der Waals surface area contributed by atoms with E-state index >= 15 is 0 Å². The van der Waals surface area contributed by atoms with E-state index in [2.05, 4.69) is 11.1 Å². The van der Waals surface area contributed by atoms with E-state index in [0.717, 1.165) is 16.7 Å². The van der Waals surface area contributed by atoms with Crippen LogP contribution in [0.5, 0.6) is 11.5 Å². The molecule has 1 heterocycles. The fraction of sp³-hybridized carbons (Fsp3) is 0.312. The molecule has 2 N–H and O–H groups in total. The molecule has 106 valence electrons. The Morgan fingerprint density at radius 3 is 2.65 bits per heavy atom. The Morgan fingerprint density at radius 2 is 2.00 bits per heavy atom. The highest BCUT2D eigenvalue weighted by Crippen LogP contribution is 2.30. The fourth-order valence-corrected chi connectivity index (χ4v) is 1.94. The van der Waals surface area contributed by atoms with Crippen molar-refractivity contribution in [3.05, 3.63) is 53.3 Å². The van der Waals surface area contributed by atoms with Gasteiger partial charge in [-0.3, -0.25) is 4.98 Å². The van der Waals surface area contributed by atoms with Crippen LogP contribution in [0.1, 0.15) is 29.7 Å². The number of hydrogen-bond donors (Lipinski definition) is 1. The predicted molar refractivity (Wildman–Crippen MR) is 78.9 cm³/mol. The van der Waals surface area contributed by atoms with Crippen LogP contribution in [-0.4, -0.2) is 12.1 Å². The third kappa shape index (κ3) is 3.48. The first kappa shape index (κ1) is 14.3. The van der Waals surface area contributed by atoms with Gasteiger partial charge in [0.1, 0.15) is 6.61 Å². The van der Waals surface area contributed by atoms with Crippen molar-refractivity contribution < 1.29 is 9.47 Å². The summed E-state index contributed by atoms with van der Waals surface area (Å²) in [7, 11) is 1.63. The smallest absolute Gasteiger partial charge is 0.161 e. The number of aryl methyl sites for hydroxylation is 1. The lowest BCUT2D eigenvalue weighted by Gasteiger charge is -2.13. The number of ether oxygens (including phenoxy) is 2. The Hall–Kier alpha value is -2.07. The number of methoxy groups -OCH3 is 1. The molecule has 0 radical (unpaired) electrons. The average molecular weight is 272 g/mol. The van der Waals surface area contributed by atoms with E-state index in [0.29, 0.717) is 18.1 Å². The van der Waals surface area contributed by atoms with Gasteiger partial charge in [-0.05, 0) is 43.2 Å². The highest BCUT2D eigenvalue weighted by atomic mass is 16.5. The first-order valence-electron chi connectivity index (χ1n) is 6.57. The van der Waals surface area contributed by atoms with Gasteiger partial charge in [0.2, 0.25) is 0 Å². The maximum absolute atomic E-state index is 5.86. The number of rotatable bonds is 5. The normalized spacial score (nSPS) is 12.0. The molecule has 20 heavy (non-hydrogen) atoms. The molecule has 0 unspecified atom stereocenters. The van der Waals surface area contributed by atoms with Crippen LogP contribution in [0.4, 0.5) is 0 Å². The summed E-state index contributed by atoms with van der Waals surface area (Å²) in [5.41, 5.74) is 9.03. The molecule has 2 aromatic rings. The van der Waals surface area contributed by atoms with E-state index in [9.17, 15) is 0 Å². The van der Waals surface area contributed by atoms with Crippen LogP contribution in [0, 0.1) is 6.92 Å². The molecule has 0 fully saturated rings. The monoisotopic (exact) mass is 272 g/mol. The number of pyridine rings is 1. The Kier molecular flexibility index (Phi) is 4.58. The van der Waals surface area contributed by atoms with E-state index in [1.807, 2.05) is 38.2 Å². The molecule has 0 aliphatic heterocycles. The van der Waals surface area contributed by atoms with E-state index in [-0.39, 0.29) is 6.04 Å². The van der Waals surface area contributed by atoms with Crippen LogP contribution < -0.4 is 15.2 Å². The van der Waals surface area contributed by atoms with Crippen LogP contribution in [0.15, 0.2) is 36.7 Å². The summed E-state index contributed by atoms with van der Waals surface area (Å²) in [6, 6.07) is 7.78. The maximum Gasteiger partial charge on any atom is 0.161 e. The minimum atomic E-state index is -0.0288. The predicted octanol–water partition coefficient (Wildman–Crippen LogP) is 3.00. The van der Waals surface area contributed by atoms with Crippen molar-refractivity contribution >= 4 is 0 Å². The lowest BCUT2D eigenvalue weighted by atomic mass is 10.1. The van der Waals surface area contributed by atoms with Gasteiger partial charge < -0.3 is 15.2 Å². The second-order valence-corrected chi connectivity index (χ2v) is 4.86. The second-order valence-electron chi connectivity index (χ2n) is 4.86. The van der Waals surface area contributed by atoms with Gasteiger partial charge in [0, 0.05) is 24.0 Å². The van der Waals surface area contributed by atoms with Crippen LogP contribution >= 0.6 is 0 Å². The summed E-state index contributed by atoms with van der Waals surface area (Å²) in [5.74, 6) is 1.40. The molecule has 4 heteroatoms. The van der Waals surface area contributed by atoms with E-state index in [1.165, 1.54) is 0 Å². The molecule has 0 saturated heterocycles. The first-order chi connectivity index (χ1) is 9.60. The molecule has 0 amide bonds. The quantitative estimate of drug-likeness (QED) is 0.909. The Balaban J connectivity index is 2.13. The Labute approximate surface area is 119 Å². The van der Waals surface area contributed by atoms with Gasteiger partial charge in [-0.15, -0.1) is 0 Å². The molecule has 1 aromatic carbocycles. The molecule has 0 aliphatic carbocycles. The highest BCUT2D eigenvalue weighted by Gasteiger charge is 2.08. The molecule has 1 aromatic heterocycles. The molecule has 0 bridgehead atoms. The van der Waals surface area contributed by atoms with Gasteiger partial charge in [0.15, 0.2) is 11.5 Å². The minimum Gasteiger partial charge on any atom is -0.493 e. The summed E-state index contributed by atoms with van der Waals surface area (Å²) >= 11 is 0. The number of hydrogen-bond acceptors (Lipinski definition) is 4. The number of nitrogens with zero attached hydrogens (tertiary/aromatic N) is 1. The molecule has 1 atom stereocenters. The van der Waals surface area contributed by atoms with Crippen molar-refractivity contribution in [2.75, 3.05) is 7.11 Å². The second kappa shape index (κ2) is 6.39. The first-order valence-corrected chi connectivity index (χ1v) is 6.57. The van der Waals surface area contributed by atoms with Gasteiger partial charge in [0.05, 0.1) is 7.11 Å². The van der Waals surface area contributed by atoms with Crippen molar-refractivity contribution in [2.24, 2.45) is 5.73 Å². The van der Waals surface area contributed by atoms with Gasteiger partial charge in [-0.1, -0.05) is 6.07 Å². The lowest BCUT2D eigenvalue weighted by molar-refractivity contribution is 0.284. The average Bonchev–Trinajstić information content (AvgIpc) is 2.45. The number of aromatic nitrogens is 1. The van der Waals surface area contributed by atoms with Crippen molar-refractivity contribution in [3.63, 3.8) is 0 Å². The zero-order valence-electron chi connectivity index (χ0n) is 12.1. The van der Waals surface area contributed by atoms with Crippen molar-refractivity contribution in [1.82, 2.24) is 4.98 Å². The summed E-state index contributed by atoms with van der Waals surface area (Å²) in [4.78, 5) is 4.15. The van der Waals surface area contributed by atoms with Crippen LogP contribution in [0.2, 0.25) is 0 Å². The topological polar surface area (TPSA) is 57.4 Å². The summed E-state index contributed by atoms with van der Waals surface area (Å²) in [5, 5.41) is 0. The van der Waals surface area contributed by atoms with E-state index < -0.39 is 0 Å². The van der Waals surface area contributed by atoms with Gasteiger partial charge >= 0.3 is 0 Å². The van der Waals surface area contributed by atoms with Crippen molar-refractivity contribution in [2.45, 2.75) is 26.5 Å². The largest absolute Gasteiger partial charge is 0.493 e. The molecule has 4 nitrogen and oxygen atoms in total. The van der Waals surface area contributed by atoms with Crippen LogP contribution in [-0.2, 0) is 6.61 Å². The van der Waals surface area contributed by atoms with Crippen molar-refractivity contribution in [1.29, 1.82) is 0 Å². The molecular weight excluding hydrogens is 252 g/mol. The van der Waals surface area contributed by atoms with Gasteiger partial charge in [-0.25, -0.2) is 0 Å². The third-order valence-electron chi connectivity index (χ3n) is 3.04. The van der Waals surface area contributed by atoms with Crippen LogP contribution in [0.3, 0.4) is 0 Å². The van der Waals surface area contributed by atoms with Gasteiger partial charge in [-0.2, -0.15) is 0 Å². The fourth-order valence-electron chi connectivity index (χ4n) is 1.94. The third-order valence-corrected chi connectivity index (χ3v) is 3.04. The molecule has 0 aliphatic rings. The molecule has 0 saturated carbocycles. The molecule has 2 rings (SSSR count). The SMILES string of the molecule is COc1cc([C@@H](C)N)ccc1OCc1cncc(C)c1. The zero-order valence-corrected chi connectivity index (χ0v) is 12.1. The number of benzene rings is 1. The summed E-state index contributed by atoms with van der Waals surface area (Å²) in [6.45, 7) is 4.41. The molecule has 0 spiro atoms. The van der Waals surface area contributed by atoms with E-state index in [4.69, 9.17) is 15.2 Å². The number of nitrogens with two attached hydrogens (primary N) is 1. The maximum atomic E-state index is 5.86. The Bertz CT molecular complexity index is 582. The lowest BCUT2D eigenvalue weighted by Crippen LogP contribution is -2.06. The minimum absolute atomic E-state index is 0.0288. The van der Waals surface area contributed by atoms with Gasteiger partial charge in [0.25, 0.3) is 0 Å².